The van der Waals surface area contributed by atoms with Crippen LogP contribution in [0.4, 0.5) is 0 Å². The molecule has 2 N–H and O–H groups in total. The van der Waals surface area contributed by atoms with Crippen molar-refractivity contribution in [3.8, 4) is 0 Å². The minimum atomic E-state index is -0.0148. The Hall–Kier alpha value is -1.70. The molecule has 0 spiro atoms. The predicted molar refractivity (Wildman–Crippen MR) is 98.5 cm³/mol. The molecule has 1 amide bonds. The second kappa shape index (κ2) is 6.90. The van der Waals surface area contributed by atoms with E-state index in [9.17, 15) is 9.59 Å². The minimum Gasteiger partial charge on any atom is -0.348 e. The normalized spacial score (nSPS) is 24.4. The van der Waals surface area contributed by atoms with Crippen molar-refractivity contribution < 1.29 is 9.59 Å². The molecule has 130 valence electrons. The topological polar surface area (TPSA) is 71.1 Å². The van der Waals surface area contributed by atoms with Gasteiger partial charge in [0.05, 0.1) is 10.4 Å². The van der Waals surface area contributed by atoms with Crippen LogP contribution in [0.2, 0.25) is 0 Å². The molecule has 3 unspecified atom stereocenters. The summed E-state index contributed by atoms with van der Waals surface area (Å²) >= 11 is 2.94. The number of carbonyl (C=O) groups excluding carboxylic acids is 2. The number of nitrogens with zero attached hydrogens (tertiary/aromatic N) is 1. The smallest absolute Gasteiger partial charge is 0.251 e. The SMILES string of the molecule is CC(=O)c1ncc(Sc2ccc(C(=O)NC3CC4CCC3N4)cc2)s1. The molecule has 3 heterocycles. The van der Waals surface area contributed by atoms with Crippen molar-refractivity contribution in [3.63, 3.8) is 0 Å². The van der Waals surface area contributed by atoms with Crippen molar-refractivity contribution >= 4 is 34.8 Å². The van der Waals surface area contributed by atoms with E-state index in [-0.39, 0.29) is 17.7 Å². The number of Topliss-reactive ketones (excluding diaryl/α,β-unsaturated/α-hetero) is 1. The highest BCUT2D eigenvalue weighted by Gasteiger charge is 2.39. The third kappa shape index (κ3) is 3.63. The molecule has 7 heteroatoms. The van der Waals surface area contributed by atoms with Crippen molar-refractivity contribution in [2.45, 2.75) is 53.4 Å². The second-order valence-corrected chi connectivity index (χ2v) is 8.93. The Labute approximate surface area is 154 Å². The molecule has 0 saturated carbocycles. The van der Waals surface area contributed by atoms with Crippen molar-refractivity contribution in [3.05, 3.63) is 41.0 Å². The summed E-state index contributed by atoms with van der Waals surface area (Å²) in [6.45, 7) is 1.52. The fourth-order valence-electron chi connectivity index (χ4n) is 3.50. The monoisotopic (exact) mass is 373 g/mol. The lowest BCUT2D eigenvalue weighted by molar-refractivity contribution is 0.0930. The molecule has 5 nitrogen and oxygen atoms in total. The van der Waals surface area contributed by atoms with Gasteiger partial charge in [0.15, 0.2) is 10.8 Å². The van der Waals surface area contributed by atoms with E-state index in [4.69, 9.17) is 0 Å². The Morgan fingerprint density at radius 1 is 1.28 bits per heavy atom. The standard InChI is InChI=1S/C18H19N3O2S2/c1-10(22)18-19-9-16(25-18)24-13-5-2-11(3-6-13)17(23)21-15-8-12-4-7-14(15)20-12/h2-3,5-6,9,12,14-15,20H,4,7-8H2,1H3,(H,21,23). The Kier molecular flexibility index (Phi) is 4.62. The number of carbonyl (C=O) groups is 2. The highest BCUT2D eigenvalue weighted by molar-refractivity contribution is 8.01. The van der Waals surface area contributed by atoms with Gasteiger partial charge in [-0.1, -0.05) is 11.8 Å². The first-order chi connectivity index (χ1) is 12.1. The summed E-state index contributed by atoms with van der Waals surface area (Å²) in [7, 11) is 0. The number of fused-ring (bicyclic) bond motifs is 2. The molecule has 2 aliphatic heterocycles. The number of benzene rings is 1. The lowest BCUT2D eigenvalue weighted by Crippen LogP contribution is -2.42. The molecular formula is C18H19N3O2S2. The summed E-state index contributed by atoms with van der Waals surface area (Å²) in [5.74, 6) is -0.0217. The van der Waals surface area contributed by atoms with Crippen molar-refractivity contribution in [2.75, 3.05) is 0 Å². The van der Waals surface area contributed by atoms with E-state index in [1.807, 2.05) is 24.3 Å². The fraction of sp³-hybridized carbons (Fsp3) is 0.389. The van der Waals surface area contributed by atoms with Crippen LogP contribution in [0.25, 0.3) is 0 Å². The average Bonchev–Trinajstić information content (AvgIpc) is 3.32. The van der Waals surface area contributed by atoms with Crippen LogP contribution in [0.1, 0.15) is 46.3 Å². The van der Waals surface area contributed by atoms with Gasteiger partial charge in [-0.25, -0.2) is 4.98 Å². The number of rotatable bonds is 5. The van der Waals surface area contributed by atoms with Crippen LogP contribution < -0.4 is 10.6 Å². The summed E-state index contributed by atoms with van der Waals surface area (Å²) in [4.78, 5) is 28.9. The van der Waals surface area contributed by atoms with Crippen LogP contribution >= 0.6 is 23.1 Å². The lowest BCUT2D eigenvalue weighted by Gasteiger charge is -2.21. The van der Waals surface area contributed by atoms with E-state index in [1.54, 1.807) is 18.0 Å². The van der Waals surface area contributed by atoms with Gasteiger partial charge in [0.2, 0.25) is 0 Å². The fourth-order valence-corrected chi connectivity index (χ4v) is 5.34. The third-order valence-corrected chi connectivity index (χ3v) is 6.94. The summed E-state index contributed by atoms with van der Waals surface area (Å²) in [5.41, 5.74) is 0.681. The van der Waals surface area contributed by atoms with E-state index in [2.05, 4.69) is 15.6 Å². The Morgan fingerprint density at radius 3 is 2.68 bits per heavy atom. The zero-order chi connectivity index (χ0) is 17.4. The molecule has 2 bridgehead atoms. The van der Waals surface area contributed by atoms with E-state index >= 15 is 0 Å². The zero-order valence-electron chi connectivity index (χ0n) is 13.8. The zero-order valence-corrected chi connectivity index (χ0v) is 15.5. The van der Waals surface area contributed by atoms with E-state index in [0.717, 1.165) is 21.9 Å². The number of nitrogens with one attached hydrogen (secondary N) is 2. The molecule has 1 aromatic heterocycles. The predicted octanol–water partition coefficient (Wildman–Crippen LogP) is 3.12. The number of aromatic nitrogens is 1. The molecule has 2 saturated heterocycles. The Morgan fingerprint density at radius 2 is 2.08 bits per heavy atom. The lowest BCUT2D eigenvalue weighted by atomic mass is 9.95. The molecule has 0 aliphatic carbocycles. The summed E-state index contributed by atoms with van der Waals surface area (Å²) in [6.07, 6.45) is 5.14. The Bertz CT molecular complexity index is 803. The van der Waals surface area contributed by atoms with E-state index in [1.165, 1.54) is 24.7 Å². The van der Waals surface area contributed by atoms with Gasteiger partial charge < -0.3 is 10.6 Å². The molecule has 0 radical (unpaired) electrons. The van der Waals surface area contributed by atoms with Crippen LogP contribution in [0, 0.1) is 0 Å². The van der Waals surface area contributed by atoms with Crippen molar-refractivity contribution in [1.29, 1.82) is 0 Å². The maximum absolute atomic E-state index is 12.4. The number of amides is 1. The Balaban J connectivity index is 1.37. The first-order valence-corrected chi connectivity index (χ1v) is 10.0. The summed E-state index contributed by atoms with van der Waals surface area (Å²) in [6, 6.07) is 8.84. The molecule has 2 fully saturated rings. The highest BCUT2D eigenvalue weighted by Crippen LogP contribution is 2.32. The van der Waals surface area contributed by atoms with Crippen LogP contribution in [-0.4, -0.2) is 34.8 Å². The molecule has 1 aromatic carbocycles. The van der Waals surface area contributed by atoms with Gasteiger partial charge in [-0.3, -0.25) is 9.59 Å². The molecular weight excluding hydrogens is 354 g/mol. The highest BCUT2D eigenvalue weighted by atomic mass is 32.2. The van der Waals surface area contributed by atoms with Crippen molar-refractivity contribution in [2.24, 2.45) is 0 Å². The molecule has 25 heavy (non-hydrogen) atoms. The first kappa shape index (κ1) is 16.8. The summed E-state index contributed by atoms with van der Waals surface area (Å²) in [5, 5.41) is 7.22. The van der Waals surface area contributed by atoms with Gasteiger partial charge in [0.25, 0.3) is 5.91 Å². The quantitative estimate of drug-likeness (QED) is 0.788. The van der Waals surface area contributed by atoms with Crippen LogP contribution in [-0.2, 0) is 0 Å². The van der Waals surface area contributed by atoms with Crippen LogP contribution in [0.3, 0.4) is 0 Å². The van der Waals surface area contributed by atoms with E-state index < -0.39 is 0 Å². The average molecular weight is 374 g/mol. The third-order valence-electron chi connectivity index (χ3n) is 4.74. The molecule has 3 atom stereocenters. The number of ketones is 1. The van der Waals surface area contributed by atoms with Gasteiger partial charge >= 0.3 is 0 Å². The minimum absolute atomic E-state index is 0.00689. The maximum Gasteiger partial charge on any atom is 0.251 e. The first-order valence-electron chi connectivity index (χ1n) is 8.40. The van der Waals surface area contributed by atoms with Gasteiger partial charge in [0.1, 0.15) is 0 Å². The van der Waals surface area contributed by atoms with Gasteiger partial charge in [0, 0.05) is 35.5 Å². The summed E-state index contributed by atoms with van der Waals surface area (Å²) < 4.78 is 0.968. The van der Waals surface area contributed by atoms with E-state index in [0.29, 0.717) is 22.7 Å². The van der Waals surface area contributed by atoms with Crippen LogP contribution in [0.5, 0.6) is 0 Å². The van der Waals surface area contributed by atoms with Gasteiger partial charge in [-0.2, -0.15) is 0 Å². The number of hydrogen-bond donors (Lipinski definition) is 2. The number of hydrogen-bond acceptors (Lipinski definition) is 6. The van der Waals surface area contributed by atoms with Gasteiger partial charge in [-0.05, 0) is 43.5 Å². The molecule has 2 aliphatic rings. The number of thiazole rings is 1. The molecule has 4 rings (SSSR count). The van der Waals surface area contributed by atoms with Crippen molar-refractivity contribution in [1.82, 2.24) is 15.6 Å². The van der Waals surface area contributed by atoms with Crippen LogP contribution in [0.15, 0.2) is 39.6 Å². The second-order valence-electron chi connectivity index (χ2n) is 6.53. The maximum atomic E-state index is 12.4. The van der Waals surface area contributed by atoms with Gasteiger partial charge in [-0.15, -0.1) is 11.3 Å². The molecule has 2 aromatic rings. The largest absolute Gasteiger partial charge is 0.348 e.